The molecule has 0 bridgehead atoms. The summed E-state index contributed by atoms with van der Waals surface area (Å²) in [5.74, 6) is 0.972. The van der Waals surface area contributed by atoms with E-state index in [1.807, 2.05) is 6.92 Å². The first-order chi connectivity index (χ1) is 8.43. The minimum atomic E-state index is 0.230. The highest BCUT2D eigenvalue weighted by Gasteiger charge is 2.07. The zero-order chi connectivity index (χ0) is 13.7. The molecule has 0 saturated heterocycles. The summed E-state index contributed by atoms with van der Waals surface area (Å²) in [6.07, 6.45) is 1.06. The molecule has 1 aromatic carbocycles. The summed E-state index contributed by atoms with van der Waals surface area (Å²) in [7, 11) is 3.84. The zero-order valence-electron chi connectivity index (χ0n) is 12.3. The van der Waals surface area contributed by atoms with Crippen molar-refractivity contribution in [2.24, 2.45) is 5.73 Å². The monoisotopic (exact) mass is 250 g/mol. The predicted molar refractivity (Wildman–Crippen MR) is 77.3 cm³/mol. The topological polar surface area (TPSA) is 38.5 Å². The van der Waals surface area contributed by atoms with Crippen LogP contribution in [0.15, 0.2) is 12.1 Å². The fourth-order valence-electron chi connectivity index (χ4n) is 2.23. The normalized spacial score (nSPS) is 12.8. The summed E-state index contributed by atoms with van der Waals surface area (Å²) in [6, 6.07) is 4.58. The van der Waals surface area contributed by atoms with E-state index in [1.54, 1.807) is 7.11 Å². The average Bonchev–Trinajstić information content (AvgIpc) is 2.28. The highest BCUT2D eigenvalue weighted by atomic mass is 16.5. The van der Waals surface area contributed by atoms with Crippen molar-refractivity contribution in [1.29, 1.82) is 0 Å². The quantitative estimate of drug-likeness (QED) is 0.840. The van der Waals surface area contributed by atoms with Crippen molar-refractivity contribution in [3.63, 3.8) is 0 Å². The molecule has 1 unspecified atom stereocenters. The number of methoxy groups -OCH3 is 1. The molecule has 0 heterocycles. The lowest BCUT2D eigenvalue weighted by atomic mass is 10.0. The van der Waals surface area contributed by atoms with Crippen LogP contribution in [0.2, 0.25) is 0 Å². The van der Waals surface area contributed by atoms with Crippen LogP contribution < -0.4 is 10.5 Å². The van der Waals surface area contributed by atoms with Gasteiger partial charge in [0, 0.05) is 19.1 Å². The van der Waals surface area contributed by atoms with Gasteiger partial charge in [-0.05, 0) is 57.0 Å². The third-order valence-electron chi connectivity index (χ3n) is 3.22. The summed E-state index contributed by atoms with van der Waals surface area (Å²) in [5, 5.41) is 0. The molecule has 3 nitrogen and oxygen atoms in total. The van der Waals surface area contributed by atoms with Crippen LogP contribution >= 0.6 is 0 Å². The second kappa shape index (κ2) is 6.76. The highest BCUT2D eigenvalue weighted by molar-refractivity contribution is 5.41. The molecule has 18 heavy (non-hydrogen) atoms. The lowest BCUT2D eigenvalue weighted by Crippen LogP contribution is -2.34. The Morgan fingerprint density at radius 1 is 1.28 bits per heavy atom. The van der Waals surface area contributed by atoms with Gasteiger partial charge in [0.15, 0.2) is 0 Å². The number of benzene rings is 1. The van der Waals surface area contributed by atoms with Crippen molar-refractivity contribution in [2.75, 3.05) is 27.2 Å². The third-order valence-corrected chi connectivity index (χ3v) is 3.22. The first kappa shape index (κ1) is 15.0. The molecule has 2 N–H and O–H groups in total. The van der Waals surface area contributed by atoms with Gasteiger partial charge in [-0.15, -0.1) is 0 Å². The Bertz CT molecular complexity index is 388. The second-order valence-corrected chi connectivity index (χ2v) is 5.24. The summed E-state index contributed by atoms with van der Waals surface area (Å²) in [4.78, 5) is 2.28. The Morgan fingerprint density at radius 3 is 2.50 bits per heavy atom. The molecule has 0 spiro atoms. The molecule has 0 aliphatic rings. The Hall–Kier alpha value is -1.06. The van der Waals surface area contributed by atoms with Gasteiger partial charge in [-0.3, -0.25) is 0 Å². The van der Waals surface area contributed by atoms with Gasteiger partial charge < -0.3 is 15.4 Å². The largest absolute Gasteiger partial charge is 0.496 e. The van der Waals surface area contributed by atoms with E-state index in [0.717, 1.165) is 25.3 Å². The maximum Gasteiger partial charge on any atom is 0.122 e. The zero-order valence-corrected chi connectivity index (χ0v) is 12.3. The maximum atomic E-state index is 5.80. The van der Waals surface area contributed by atoms with Crippen molar-refractivity contribution >= 4 is 0 Å². The van der Waals surface area contributed by atoms with Gasteiger partial charge in [0.05, 0.1) is 7.11 Å². The van der Waals surface area contributed by atoms with Gasteiger partial charge in [0.1, 0.15) is 5.75 Å². The minimum Gasteiger partial charge on any atom is -0.496 e. The third kappa shape index (κ3) is 4.31. The summed E-state index contributed by atoms with van der Waals surface area (Å²) in [6.45, 7) is 8.25. The first-order valence-corrected chi connectivity index (χ1v) is 6.52. The highest BCUT2D eigenvalue weighted by Crippen LogP contribution is 2.22. The van der Waals surface area contributed by atoms with Crippen LogP contribution in [0.5, 0.6) is 5.75 Å². The fourth-order valence-corrected chi connectivity index (χ4v) is 2.23. The van der Waals surface area contributed by atoms with Crippen LogP contribution in [-0.2, 0) is 6.42 Å². The van der Waals surface area contributed by atoms with Crippen LogP contribution in [0.4, 0.5) is 0 Å². The molecule has 1 aromatic rings. The number of nitrogens with zero attached hydrogens (tertiary/aromatic N) is 1. The van der Waals surface area contributed by atoms with E-state index in [4.69, 9.17) is 10.5 Å². The van der Waals surface area contributed by atoms with E-state index in [2.05, 4.69) is 37.9 Å². The van der Waals surface area contributed by atoms with Crippen LogP contribution in [0.3, 0.4) is 0 Å². The SMILES string of the molecule is COc1cc(C)c(CCN(C)CC(C)N)cc1C. The van der Waals surface area contributed by atoms with Crippen molar-refractivity contribution in [3.05, 3.63) is 28.8 Å². The minimum absolute atomic E-state index is 0.230. The van der Waals surface area contributed by atoms with Gasteiger partial charge in [-0.25, -0.2) is 0 Å². The number of hydrogen-bond donors (Lipinski definition) is 1. The number of nitrogens with two attached hydrogens (primary N) is 1. The number of ether oxygens (including phenoxy) is 1. The maximum absolute atomic E-state index is 5.80. The van der Waals surface area contributed by atoms with E-state index in [9.17, 15) is 0 Å². The summed E-state index contributed by atoms with van der Waals surface area (Å²) in [5.41, 5.74) is 9.69. The molecule has 0 saturated carbocycles. The lowest BCUT2D eigenvalue weighted by Gasteiger charge is -2.19. The van der Waals surface area contributed by atoms with Crippen LogP contribution in [0.25, 0.3) is 0 Å². The van der Waals surface area contributed by atoms with E-state index < -0.39 is 0 Å². The molecule has 1 atom stereocenters. The van der Waals surface area contributed by atoms with Gasteiger partial charge in [0.25, 0.3) is 0 Å². The Kier molecular flexibility index (Phi) is 5.63. The molecule has 1 rings (SSSR count). The molecule has 0 radical (unpaired) electrons. The molecule has 0 aliphatic carbocycles. The molecule has 0 aromatic heterocycles. The smallest absolute Gasteiger partial charge is 0.122 e. The number of likely N-dealkylation sites (N-methyl/N-ethyl adjacent to an activating group) is 1. The van der Waals surface area contributed by atoms with E-state index >= 15 is 0 Å². The average molecular weight is 250 g/mol. The van der Waals surface area contributed by atoms with Crippen molar-refractivity contribution < 1.29 is 4.74 Å². The predicted octanol–water partition coefficient (Wildman–Crippen LogP) is 2.13. The molecular weight excluding hydrogens is 224 g/mol. The Labute approximate surface area is 111 Å². The lowest BCUT2D eigenvalue weighted by molar-refractivity contribution is 0.321. The molecule has 0 amide bonds. The van der Waals surface area contributed by atoms with Crippen molar-refractivity contribution in [2.45, 2.75) is 33.2 Å². The van der Waals surface area contributed by atoms with Crippen molar-refractivity contribution in [3.8, 4) is 5.75 Å². The van der Waals surface area contributed by atoms with Crippen LogP contribution in [-0.4, -0.2) is 38.2 Å². The summed E-state index contributed by atoms with van der Waals surface area (Å²) < 4.78 is 5.33. The Balaban J connectivity index is 2.65. The molecule has 0 fully saturated rings. The van der Waals surface area contributed by atoms with E-state index in [1.165, 1.54) is 16.7 Å². The molecule has 3 heteroatoms. The number of hydrogen-bond acceptors (Lipinski definition) is 3. The van der Waals surface area contributed by atoms with E-state index in [0.29, 0.717) is 0 Å². The summed E-state index contributed by atoms with van der Waals surface area (Å²) >= 11 is 0. The van der Waals surface area contributed by atoms with Gasteiger partial charge >= 0.3 is 0 Å². The molecular formula is C15H26N2O. The Morgan fingerprint density at radius 2 is 1.94 bits per heavy atom. The first-order valence-electron chi connectivity index (χ1n) is 6.52. The number of aryl methyl sites for hydroxylation is 2. The van der Waals surface area contributed by atoms with Crippen LogP contribution in [0, 0.1) is 13.8 Å². The van der Waals surface area contributed by atoms with Gasteiger partial charge in [-0.2, -0.15) is 0 Å². The fraction of sp³-hybridized carbons (Fsp3) is 0.600. The van der Waals surface area contributed by atoms with Gasteiger partial charge in [-0.1, -0.05) is 6.07 Å². The number of rotatable bonds is 6. The van der Waals surface area contributed by atoms with Gasteiger partial charge in [0.2, 0.25) is 0 Å². The van der Waals surface area contributed by atoms with Crippen molar-refractivity contribution in [1.82, 2.24) is 4.90 Å². The second-order valence-electron chi connectivity index (χ2n) is 5.24. The molecule has 0 aliphatic heterocycles. The molecule has 102 valence electrons. The standard InChI is InChI=1S/C15H26N2O/c1-11-9-15(18-5)12(2)8-14(11)6-7-17(4)10-13(3)16/h8-9,13H,6-7,10,16H2,1-5H3. The van der Waals surface area contributed by atoms with Crippen LogP contribution in [0.1, 0.15) is 23.6 Å². The van der Waals surface area contributed by atoms with E-state index in [-0.39, 0.29) is 6.04 Å².